The number of carbonyl (C=O) groups is 1. The minimum Gasteiger partial charge on any atom is -0.426 e. The van der Waals surface area contributed by atoms with E-state index in [1.807, 2.05) is 6.07 Å². The summed E-state index contributed by atoms with van der Waals surface area (Å²) in [5.41, 5.74) is 5.49. The molecule has 0 N–H and O–H groups in total. The van der Waals surface area contributed by atoms with E-state index in [1.165, 1.54) is 22.3 Å². The number of benzene rings is 2. The van der Waals surface area contributed by atoms with Crippen molar-refractivity contribution in [2.24, 2.45) is 5.92 Å². The number of hydrogen-bond donors (Lipinski definition) is 0. The summed E-state index contributed by atoms with van der Waals surface area (Å²) in [4.78, 5) is 14.8. The van der Waals surface area contributed by atoms with Crippen LogP contribution in [0.4, 0.5) is 0 Å². The van der Waals surface area contributed by atoms with Crippen molar-refractivity contribution in [1.29, 1.82) is 0 Å². The second-order valence-corrected chi connectivity index (χ2v) is 8.08. The zero-order valence-electron chi connectivity index (χ0n) is 16.2. The van der Waals surface area contributed by atoms with Gasteiger partial charge in [-0.1, -0.05) is 43.2 Å². The monoisotopic (exact) mass is 363 g/mol. The molecule has 27 heavy (non-hydrogen) atoms. The topological polar surface area (TPSA) is 29.5 Å². The summed E-state index contributed by atoms with van der Waals surface area (Å²) in [6.07, 6.45) is 7.29. The molecule has 0 saturated heterocycles. The highest BCUT2D eigenvalue weighted by Crippen LogP contribution is 2.28. The second kappa shape index (κ2) is 8.26. The Morgan fingerprint density at radius 2 is 1.59 bits per heavy atom. The quantitative estimate of drug-likeness (QED) is 0.585. The van der Waals surface area contributed by atoms with Crippen LogP contribution in [-0.2, 0) is 24.1 Å². The number of esters is 1. The van der Waals surface area contributed by atoms with Gasteiger partial charge in [-0.05, 0) is 73.5 Å². The van der Waals surface area contributed by atoms with E-state index in [9.17, 15) is 4.79 Å². The molecule has 142 valence electrons. The van der Waals surface area contributed by atoms with Gasteiger partial charge in [-0.25, -0.2) is 0 Å². The number of likely N-dealkylation sites (N-methyl/N-ethyl adjacent to an activating group) is 1. The summed E-state index contributed by atoms with van der Waals surface area (Å²) in [5.74, 6) is 0.755. The van der Waals surface area contributed by atoms with Gasteiger partial charge < -0.3 is 9.64 Å². The number of carbonyl (C=O) groups excluding carboxylic acids is 1. The maximum atomic E-state index is 12.4. The van der Waals surface area contributed by atoms with Crippen molar-refractivity contribution >= 4 is 5.97 Å². The van der Waals surface area contributed by atoms with Gasteiger partial charge in [-0.3, -0.25) is 4.79 Å². The van der Waals surface area contributed by atoms with Gasteiger partial charge in [0.2, 0.25) is 0 Å². The predicted octanol–water partition coefficient (Wildman–Crippen LogP) is 4.40. The van der Waals surface area contributed by atoms with E-state index >= 15 is 0 Å². The van der Waals surface area contributed by atoms with Crippen LogP contribution in [0, 0.1) is 5.92 Å². The smallest absolute Gasteiger partial charge is 0.314 e. The van der Waals surface area contributed by atoms with Gasteiger partial charge in [0.15, 0.2) is 0 Å². The summed E-state index contributed by atoms with van der Waals surface area (Å²) in [6, 6.07) is 15.0. The zero-order valence-corrected chi connectivity index (χ0v) is 16.2. The fourth-order valence-electron chi connectivity index (χ4n) is 4.35. The first kappa shape index (κ1) is 18.2. The molecule has 3 nitrogen and oxygen atoms in total. The Kier molecular flexibility index (Phi) is 5.58. The highest BCUT2D eigenvalue weighted by molar-refractivity contribution is 5.75. The maximum absolute atomic E-state index is 12.4. The Morgan fingerprint density at radius 3 is 2.37 bits per heavy atom. The number of nitrogens with zero attached hydrogens (tertiary/aromatic N) is 1. The van der Waals surface area contributed by atoms with Crippen LogP contribution in [0.3, 0.4) is 0 Å². The zero-order chi connectivity index (χ0) is 18.6. The lowest BCUT2D eigenvalue weighted by atomic mass is 9.93. The average Bonchev–Trinajstić information content (AvgIpc) is 3.22. The molecule has 1 heterocycles. The molecule has 2 aromatic carbocycles. The van der Waals surface area contributed by atoms with E-state index in [0.29, 0.717) is 5.75 Å². The van der Waals surface area contributed by atoms with Crippen molar-refractivity contribution in [3.63, 3.8) is 0 Å². The molecule has 0 amide bonds. The van der Waals surface area contributed by atoms with Crippen LogP contribution in [0.1, 0.15) is 47.9 Å². The summed E-state index contributed by atoms with van der Waals surface area (Å²) < 4.78 is 5.74. The van der Waals surface area contributed by atoms with Crippen molar-refractivity contribution in [2.45, 2.75) is 44.9 Å². The molecular weight excluding hydrogens is 334 g/mol. The first-order valence-corrected chi connectivity index (χ1v) is 10.3. The molecule has 1 aliphatic heterocycles. The van der Waals surface area contributed by atoms with Crippen LogP contribution in [-0.4, -0.2) is 31.0 Å². The predicted molar refractivity (Wildman–Crippen MR) is 108 cm³/mol. The first-order valence-electron chi connectivity index (χ1n) is 10.3. The third-order valence-electron chi connectivity index (χ3n) is 6.11. The van der Waals surface area contributed by atoms with Crippen molar-refractivity contribution in [2.75, 3.05) is 20.1 Å². The number of fused-ring (bicyclic) bond motifs is 2. The van der Waals surface area contributed by atoms with E-state index in [2.05, 4.69) is 48.3 Å². The third-order valence-corrected chi connectivity index (χ3v) is 6.11. The fourth-order valence-corrected chi connectivity index (χ4v) is 4.35. The van der Waals surface area contributed by atoms with Crippen molar-refractivity contribution in [1.82, 2.24) is 4.90 Å². The van der Waals surface area contributed by atoms with Gasteiger partial charge in [0.25, 0.3) is 0 Å². The standard InChI is InChI=1S/C24H29NO2/c1-25-14-12-18-6-2-5-9-20(18)16-21-10-11-23(17-22(21)13-15-25)27-24(26)19-7-3-4-8-19/h2,5-6,9-11,17,19H,3-4,7-8,12-16H2,1H3. The Bertz CT molecular complexity index is 808. The number of hydrogen-bond acceptors (Lipinski definition) is 3. The van der Waals surface area contributed by atoms with Crippen molar-refractivity contribution in [3.05, 3.63) is 64.7 Å². The largest absolute Gasteiger partial charge is 0.426 e. The lowest BCUT2D eigenvalue weighted by molar-refractivity contribution is -0.138. The second-order valence-electron chi connectivity index (χ2n) is 8.08. The molecule has 1 aliphatic carbocycles. The van der Waals surface area contributed by atoms with Crippen LogP contribution in [0.5, 0.6) is 5.75 Å². The fraction of sp³-hybridized carbons (Fsp3) is 0.458. The highest BCUT2D eigenvalue weighted by atomic mass is 16.5. The summed E-state index contributed by atoms with van der Waals surface area (Å²) >= 11 is 0. The molecule has 0 spiro atoms. The van der Waals surface area contributed by atoms with Crippen LogP contribution in [0.15, 0.2) is 42.5 Å². The average molecular weight is 364 g/mol. The van der Waals surface area contributed by atoms with Crippen molar-refractivity contribution < 1.29 is 9.53 Å². The van der Waals surface area contributed by atoms with Crippen molar-refractivity contribution in [3.8, 4) is 5.75 Å². The van der Waals surface area contributed by atoms with Crippen LogP contribution in [0.25, 0.3) is 0 Å². The highest BCUT2D eigenvalue weighted by Gasteiger charge is 2.24. The Morgan fingerprint density at radius 1 is 0.926 bits per heavy atom. The molecule has 3 heteroatoms. The normalized spacial score (nSPS) is 18.6. The molecule has 1 fully saturated rings. The Labute approximate surface area is 162 Å². The minimum absolute atomic E-state index is 0.0465. The van der Waals surface area contributed by atoms with E-state index in [0.717, 1.165) is 58.0 Å². The molecule has 0 atom stereocenters. The number of ether oxygens (including phenoxy) is 1. The lowest BCUT2D eigenvalue weighted by Crippen LogP contribution is -2.25. The van der Waals surface area contributed by atoms with Gasteiger partial charge >= 0.3 is 5.97 Å². The molecule has 2 aliphatic rings. The Balaban J connectivity index is 1.59. The molecule has 0 unspecified atom stereocenters. The molecule has 1 saturated carbocycles. The van der Waals surface area contributed by atoms with Crippen LogP contribution in [0.2, 0.25) is 0 Å². The van der Waals surface area contributed by atoms with E-state index in [1.54, 1.807) is 0 Å². The lowest BCUT2D eigenvalue weighted by Gasteiger charge is -2.22. The Hall–Kier alpha value is -2.13. The van der Waals surface area contributed by atoms with E-state index in [4.69, 9.17) is 4.74 Å². The third kappa shape index (κ3) is 4.41. The molecule has 0 aromatic heterocycles. The van der Waals surface area contributed by atoms with Gasteiger partial charge in [0, 0.05) is 13.1 Å². The summed E-state index contributed by atoms with van der Waals surface area (Å²) in [6.45, 7) is 2.10. The summed E-state index contributed by atoms with van der Waals surface area (Å²) in [7, 11) is 2.19. The molecule has 0 bridgehead atoms. The molecular formula is C24H29NO2. The van der Waals surface area contributed by atoms with E-state index in [-0.39, 0.29) is 11.9 Å². The van der Waals surface area contributed by atoms with Gasteiger partial charge in [0.1, 0.15) is 5.75 Å². The number of rotatable bonds is 2. The molecule has 2 aromatic rings. The minimum atomic E-state index is -0.0465. The SMILES string of the molecule is CN1CCc2ccccc2Cc2ccc(OC(=O)C3CCCC3)cc2CC1. The maximum Gasteiger partial charge on any atom is 0.314 e. The molecule has 0 radical (unpaired) electrons. The molecule has 4 rings (SSSR count). The first-order chi connectivity index (χ1) is 13.2. The van der Waals surface area contributed by atoms with Crippen LogP contribution < -0.4 is 4.74 Å². The van der Waals surface area contributed by atoms with Gasteiger partial charge in [0.05, 0.1) is 5.92 Å². The van der Waals surface area contributed by atoms with Gasteiger partial charge in [-0.2, -0.15) is 0 Å². The summed E-state index contributed by atoms with van der Waals surface area (Å²) in [5, 5.41) is 0. The van der Waals surface area contributed by atoms with E-state index < -0.39 is 0 Å². The van der Waals surface area contributed by atoms with Gasteiger partial charge in [-0.15, -0.1) is 0 Å². The van der Waals surface area contributed by atoms with Crippen LogP contribution >= 0.6 is 0 Å².